The number of anilines is 4. The molecule has 0 radical (unpaired) electrons. The molecule has 3 aromatic rings. The number of nitrogen functional groups attached to an aromatic ring is 2. The Hall–Kier alpha value is -3.58. The number of piperazine rings is 1. The molecule has 29 heavy (non-hydrogen) atoms. The Morgan fingerprint density at radius 3 is 2.72 bits per heavy atom. The Morgan fingerprint density at radius 2 is 2.00 bits per heavy atom. The molecule has 1 unspecified atom stereocenters. The van der Waals surface area contributed by atoms with Crippen LogP contribution in [0.4, 0.5) is 23.3 Å². The summed E-state index contributed by atoms with van der Waals surface area (Å²) in [5.41, 5.74) is 15.7. The molecule has 1 aliphatic rings. The van der Waals surface area contributed by atoms with Gasteiger partial charge in [0.2, 0.25) is 5.95 Å². The minimum Gasteiger partial charge on any atom is -0.382 e. The highest BCUT2D eigenvalue weighted by molar-refractivity contribution is 5.81. The highest BCUT2D eigenvalue weighted by Gasteiger charge is 2.22. The third-order valence-electron chi connectivity index (χ3n) is 5.16. The van der Waals surface area contributed by atoms with Crippen LogP contribution in [0.5, 0.6) is 0 Å². The lowest BCUT2D eigenvalue weighted by Crippen LogP contribution is -2.44. The van der Waals surface area contributed by atoms with Crippen LogP contribution in [0.2, 0.25) is 0 Å². The summed E-state index contributed by atoms with van der Waals surface area (Å²) in [6.07, 6.45) is 2.00. The molecule has 4 heterocycles. The predicted molar refractivity (Wildman–Crippen MR) is 113 cm³/mol. The molecule has 1 saturated heterocycles. The zero-order valence-electron chi connectivity index (χ0n) is 16.5. The average Bonchev–Trinajstić information content (AvgIpc) is 3.07. The van der Waals surface area contributed by atoms with Gasteiger partial charge in [0.1, 0.15) is 17.5 Å². The first-order valence-corrected chi connectivity index (χ1v) is 9.49. The fourth-order valence-electron chi connectivity index (χ4n) is 3.65. The monoisotopic (exact) mass is 392 g/mol. The average molecular weight is 392 g/mol. The zero-order chi connectivity index (χ0) is 20.5. The lowest BCUT2D eigenvalue weighted by molar-refractivity contribution is 0.585. The maximum absolute atomic E-state index is 9.45. The highest BCUT2D eigenvalue weighted by Crippen LogP contribution is 2.32. The molecule has 150 valence electrons. The van der Waals surface area contributed by atoms with Gasteiger partial charge in [-0.25, -0.2) is 4.98 Å². The summed E-state index contributed by atoms with van der Waals surface area (Å²) in [6, 6.07) is 5.99. The number of nitrogens with zero attached hydrogens (tertiary/aromatic N) is 6. The third kappa shape index (κ3) is 3.48. The second-order valence-electron chi connectivity index (χ2n) is 7.13. The van der Waals surface area contributed by atoms with Gasteiger partial charge in [-0.3, -0.25) is 0 Å². The lowest BCUT2D eigenvalue weighted by atomic mass is 10.1. The first-order chi connectivity index (χ1) is 14.0. The van der Waals surface area contributed by atoms with E-state index < -0.39 is 0 Å². The Kier molecular flexibility index (Phi) is 4.82. The van der Waals surface area contributed by atoms with E-state index in [2.05, 4.69) is 36.1 Å². The molecule has 0 amide bonds. The van der Waals surface area contributed by atoms with Gasteiger partial charge in [0.25, 0.3) is 0 Å². The number of aromatic nitrogens is 4. The number of hydrogen-bond acceptors (Lipinski definition) is 9. The summed E-state index contributed by atoms with van der Waals surface area (Å²) in [7, 11) is 2.01. The number of hydrogen-bond donors (Lipinski definition) is 4. The minimum atomic E-state index is -0.231. The van der Waals surface area contributed by atoms with Crippen LogP contribution in [0, 0.1) is 11.3 Å². The van der Waals surface area contributed by atoms with Crippen molar-refractivity contribution >= 4 is 34.3 Å². The molecule has 1 atom stereocenters. The maximum atomic E-state index is 9.45. The minimum absolute atomic E-state index is 0.0185. The van der Waals surface area contributed by atoms with E-state index in [-0.39, 0.29) is 23.4 Å². The van der Waals surface area contributed by atoms with Crippen LogP contribution in [0.15, 0.2) is 18.3 Å². The fraction of sp³-hybridized carbons (Fsp3) is 0.368. The molecular weight excluding hydrogens is 368 g/mol. The normalized spacial score (nSPS) is 15.3. The van der Waals surface area contributed by atoms with Gasteiger partial charge in [-0.2, -0.15) is 15.2 Å². The van der Waals surface area contributed by atoms with Crippen molar-refractivity contribution in [3.8, 4) is 6.07 Å². The van der Waals surface area contributed by atoms with Gasteiger partial charge >= 0.3 is 0 Å². The van der Waals surface area contributed by atoms with E-state index >= 15 is 0 Å². The van der Waals surface area contributed by atoms with Crippen molar-refractivity contribution in [3.05, 3.63) is 29.6 Å². The Morgan fingerprint density at radius 1 is 1.24 bits per heavy atom. The van der Waals surface area contributed by atoms with Gasteiger partial charge in [-0.05, 0) is 19.1 Å². The summed E-state index contributed by atoms with van der Waals surface area (Å²) in [4.78, 5) is 15.3. The van der Waals surface area contributed by atoms with E-state index in [1.807, 2.05) is 32.3 Å². The van der Waals surface area contributed by atoms with Gasteiger partial charge in [0.05, 0.1) is 28.5 Å². The van der Waals surface area contributed by atoms with Crippen LogP contribution < -0.4 is 27.0 Å². The van der Waals surface area contributed by atoms with Crippen LogP contribution in [0.25, 0.3) is 11.0 Å². The number of nitrogens with two attached hydrogens (primary N) is 2. The van der Waals surface area contributed by atoms with Crippen LogP contribution >= 0.6 is 0 Å². The number of rotatable bonds is 4. The van der Waals surface area contributed by atoms with Crippen molar-refractivity contribution in [2.45, 2.75) is 13.0 Å². The van der Waals surface area contributed by atoms with E-state index in [9.17, 15) is 5.26 Å². The van der Waals surface area contributed by atoms with Gasteiger partial charge in [0, 0.05) is 39.4 Å². The number of nitrogens with one attached hydrogen (secondary N) is 2. The molecule has 1 aliphatic heterocycles. The van der Waals surface area contributed by atoms with Gasteiger partial charge in [0.15, 0.2) is 5.82 Å². The number of fused-ring (bicyclic) bond motifs is 1. The van der Waals surface area contributed by atoms with Crippen LogP contribution in [-0.4, -0.2) is 45.7 Å². The quantitative estimate of drug-likeness (QED) is 0.510. The Labute approximate surface area is 168 Å². The predicted octanol–water partition coefficient (Wildman–Crippen LogP) is 0.982. The SMILES string of the molecule is CC(Nc1nc(N)nc(N)c1C#N)c1nc2ccn(C)c2cc1N1CCNCC1. The summed E-state index contributed by atoms with van der Waals surface area (Å²) >= 11 is 0. The van der Waals surface area contributed by atoms with Crippen LogP contribution in [0.1, 0.15) is 24.2 Å². The second kappa shape index (κ2) is 7.44. The van der Waals surface area contributed by atoms with Crippen molar-refractivity contribution in [1.29, 1.82) is 5.26 Å². The van der Waals surface area contributed by atoms with Gasteiger partial charge < -0.3 is 31.6 Å². The van der Waals surface area contributed by atoms with Crippen molar-refractivity contribution in [2.75, 3.05) is 47.9 Å². The zero-order valence-corrected chi connectivity index (χ0v) is 16.5. The second-order valence-corrected chi connectivity index (χ2v) is 7.13. The molecule has 6 N–H and O–H groups in total. The molecule has 10 nitrogen and oxygen atoms in total. The van der Waals surface area contributed by atoms with Crippen LogP contribution in [-0.2, 0) is 7.05 Å². The van der Waals surface area contributed by atoms with Crippen molar-refractivity contribution in [3.63, 3.8) is 0 Å². The molecule has 0 spiro atoms. The number of nitriles is 1. The molecule has 0 aliphatic carbocycles. The smallest absolute Gasteiger partial charge is 0.224 e. The van der Waals surface area contributed by atoms with E-state index in [0.717, 1.165) is 48.6 Å². The standard InChI is InChI=1S/C19H24N10/c1-11(24-18-12(10-20)17(21)26-19(22)27-18)16-15(29-7-4-23-5-8-29)9-14-13(25-16)3-6-28(14)2/h3,6,9,11,23H,4-5,7-8H2,1-2H3,(H5,21,22,24,26,27). The van der Waals surface area contributed by atoms with Crippen LogP contribution in [0.3, 0.4) is 0 Å². The molecule has 4 rings (SSSR count). The van der Waals surface area contributed by atoms with E-state index in [1.54, 1.807) is 0 Å². The Balaban J connectivity index is 1.77. The third-order valence-corrected chi connectivity index (χ3v) is 5.16. The van der Waals surface area contributed by atoms with Crippen molar-refractivity contribution in [1.82, 2.24) is 24.8 Å². The van der Waals surface area contributed by atoms with Gasteiger partial charge in [-0.1, -0.05) is 0 Å². The maximum Gasteiger partial charge on any atom is 0.224 e. The van der Waals surface area contributed by atoms with E-state index in [1.165, 1.54) is 0 Å². The van der Waals surface area contributed by atoms with Crippen molar-refractivity contribution in [2.24, 2.45) is 7.05 Å². The molecular formula is C19H24N10. The van der Waals surface area contributed by atoms with Gasteiger partial charge in [-0.15, -0.1) is 0 Å². The molecule has 0 bridgehead atoms. The molecule has 0 saturated carbocycles. The summed E-state index contributed by atoms with van der Waals surface area (Å²) in [6.45, 7) is 5.62. The summed E-state index contributed by atoms with van der Waals surface area (Å²) < 4.78 is 2.06. The molecule has 0 aromatic carbocycles. The number of pyridine rings is 1. The largest absolute Gasteiger partial charge is 0.382 e. The summed E-state index contributed by atoms with van der Waals surface area (Å²) in [5.74, 6) is 0.389. The lowest BCUT2D eigenvalue weighted by Gasteiger charge is -2.32. The van der Waals surface area contributed by atoms with E-state index in [4.69, 9.17) is 16.5 Å². The summed E-state index contributed by atoms with van der Waals surface area (Å²) in [5, 5.41) is 16.1. The van der Waals surface area contributed by atoms with E-state index in [0.29, 0.717) is 5.82 Å². The molecule has 10 heteroatoms. The highest BCUT2D eigenvalue weighted by atomic mass is 15.2. The first kappa shape index (κ1) is 18.8. The number of aryl methyl sites for hydroxylation is 1. The molecule has 3 aromatic heterocycles. The fourth-order valence-corrected chi connectivity index (χ4v) is 3.65. The Bertz CT molecular complexity index is 1090. The molecule has 1 fully saturated rings. The van der Waals surface area contributed by atoms with Crippen molar-refractivity contribution < 1.29 is 0 Å². The first-order valence-electron chi connectivity index (χ1n) is 9.49. The topological polar surface area (TPSA) is 147 Å².